The molecule has 0 aliphatic heterocycles. The predicted molar refractivity (Wildman–Crippen MR) is 61.3 cm³/mol. The summed E-state index contributed by atoms with van der Waals surface area (Å²) < 4.78 is 19.0. The zero-order valence-electron chi connectivity index (χ0n) is 9.30. The summed E-state index contributed by atoms with van der Waals surface area (Å²) >= 11 is 0. The van der Waals surface area contributed by atoms with Gasteiger partial charge in [-0.3, -0.25) is 4.98 Å². The van der Waals surface area contributed by atoms with Gasteiger partial charge in [0.1, 0.15) is 5.75 Å². The molecule has 0 saturated carbocycles. The first-order valence-corrected chi connectivity index (χ1v) is 5.23. The van der Waals surface area contributed by atoms with Crippen LogP contribution in [0.1, 0.15) is 18.6 Å². The molecule has 3 nitrogen and oxygen atoms in total. The molecule has 2 aromatic rings. The Labute approximate surface area is 98.5 Å². The van der Waals surface area contributed by atoms with Crippen LogP contribution in [-0.2, 0) is 0 Å². The number of benzene rings is 1. The molecular weight excluding hydrogens is 221 g/mol. The van der Waals surface area contributed by atoms with E-state index in [-0.39, 0.29) is 5.75 Å². The van der Waals surface area contributed by atoms with Gasteiger partial charge in [-0.2, -0.15) is 0 Å². The molecule has 88 valence electrons. The molecule has 0 bridgehead atoms. The second-order valence-corrected chi connectivity index (χ2v) is 3.62. The maximum atomic E-state index is 13.6. The number of para-hydroxylation sites is 1. The Morgan fingerprint density at radius 2 is 2.12 bits per heavy atom. The maximum absolute atomic E-state index is 13.6. The van der Waals surface area contributed by atoms with Crippen LogP contribution in [0, 0.1) is 5.82 Å². The molecule has 0 fully saturated rings. The number of halogens is 1. The van der Waals surface area contributed by atoms with E-state index >= 15 is 0 Å². The van der Waals surface area contributed by atoms with Gasteiger partial charge in [0, 0.05) is 11.8 Å². The summed E-state index contributed by atoms with van der Waals surface area (Å²) in [4.78, 5) is 3.88. The number of ether oxygens (including phenoxy) is 1. The lowest BCUT2D eigenvalue weighted by atomic mass is 10.1. The summed E-state index contributed by atoms with van der Waals surface area (Å²) in [5.74, 6) is -0.0396. The van der Waals surface area contributed by atoms with Crippen LogP contribution in [0.3, 0.4) is 0 Å². The average Bonchev–Trinajstić information content (AvgIpc) is 2.33. The lowest BCUT2D eigenvalue weighted by molar-refractivity contribution is 0.194. The quantitative estimate of drug-likeness (QED) is 0.885. The first-order chi connectivity index (χ1) is 8.18. The minimum absolute atomic E-state index is 0.0375. The fourth-order valence-electron chi connectivity index (χ4n) is 1.49. The van der Waals surface area contributed by atoms with E-state index in [1.165, 1.54) is 18.3 Å². The normalized spacial score (nSPS) is 12.2. The summed E-state index contributed by atoms with van der Waals surface area (Å²) in [6.45, 7) is 1.56. The molecule has 1 atom stereocenters. The summed E-state index contributed by atoms with van der Waals surface area (Å²) in [5.41, 5.74) is 0.411. The third-order valence-electron chi connectivity index (χ3n) is 2.30. The van der Waals surface area contributed by atoms with E-state index in [1.54, 1.807) is 31.3 Å². The first-order valence-electron chi connectivity index (χ1n) is 5.23. The standard InChI is InChI=1S/C13H12FNO2/c1-9(16)11-5-2-6-12(14)13(11)17-10-4-3-7-15-8-10/h2-9,16H,1H3. The van der Waals surface area contributed by atoms with Gasteiger partial charge in [0.05, 0.1) is 12.3 Å². The SMILES string of the molecule is CC(O)c1cccc(F)c1Oc1cccnc1. The van der Waals surface area contributed by atoms with Crippen LogP contribution in [0.25, 0.3) is 0 Å². The van der Waals surface area contributed by atoms with Crippen molar-refractivity contribution in [3.05, 3.63) is 54.1 Å². The molecule has 0 amide bonds. The van der Waals surface area contributed by atoms with Crippen LogP contribution in [0.15, 0.2) is 42.7 Å². The van der Waals surface area contributed by atoms with Gasteiger partial charge >= 0.3 is 0 Å². The molecule has 0 saturated heterocycles. The van der Waals surface area contributed by atoms with Crippen molar-refractivity contribution in [1.29, 1.82) is 0 Å². The molecule has 1 heterocycles. The molecule has 1 N–H and O–H groups in total. The maximum Gasteiger partial charge on any atom is 0.168 e. The number of pyridine rings is 1. The van der Waals surface area contributed by atoms with Gasteiger partial charge in [-0.15, -0.1) is 0 Å². The van der Waals surface area contributed by atoms with Crippen LogP contribution in [-0.4, -0.2) is 10.1 Å². The second-order valence-electron chi connectivity index (χ2n) is 3.62. The Hall–Kier alpha value is -1.94. The third kappa shape index (κ3) is 2.60. The third-order valence-corrected chi connectivity index (χ3v) is 2.30. The van der Waals surface area contributed by atoms with Crippen molar-refractivity contribution in [3.8, 4) is 11.5 Å². The van der Waals surface area contributed by atoms with Crippen LogP contribution in [0.4, 0.5) is 4.39 Å². The summed E-state index contributed by atoms with van der Waals surface area (Å²) in [5, 5.41) is 9.54. The molecule has 1 aromatic heterocycles. The topological polar surface area (TPSA) is 42.4 Å². The number of hydrogen-bond acceptors (Lipinski definition) is 3. The fourth-order valence-corrected chi connectivity index (χ4v) is 1.49. The van der Waals surface area contributed by atoms with E-state index in [4.69, 9.17) is 4.74 Å². The monoisotopic (exact) mass is 233 g/mol. The second kappa shape index (κ2) is 4.93. The molecule has 2 rings (SSSR count). The highest BCUT2D eigenvalue weighted by Gasteiger charge is 2.14. The van der Waals surface area contributed by atoms with Crippen LogP contribution in [0.5, 0.6) is 11.5 Å². The van der Waals surface area contributed by atoms with E-state index in [1.807, 2.05) is 0 Å². The van der Waals surface area contributed by atoms with Crippen LogP contribution < -0.4 is 4.74 Å². The van der Waals surface area contributed by atoms with E-state index < -0.39 is 11.9 Å². The number of rotatable bonds is 3. The van der Waals surface area contributed by atoms with Crippen LogP contribution in [0.2, 0.25) is 0 Å². The van der Waals surface area contributed by atoms with Crippen molar-refractivity contribution in [3.63, 3.8) is 0 Å². The van der Waals surface area contributed by atoms with Gasteiger partial charge in [0.2, 0.25) is 0 Å². The zero-order chi connectivity index (χ0) is 12.3. The molecule has 1 aromatic carbocycles. The Balaban J connectivity index is 2.38. The average molecular weight is 233 g/mol. The predicted octanol–water partition coefficient (Wildman–Crippen LogP) is 3.07. The van der Waals surface area contributed by atoms with Gasteiger partial charge < -0.3 is 9.84 Å². The Morgan fingerprint density at radius 1 is 1.29 bits per heavy atom. The van der Waals surface area contributed by atoms with Crippen molar-refractivity contribution in [2.45, 2.75) is 13.0 Å². The highest BCUT2D eigenvalue weighted by molar-refractivity contribution is 5.39. The minimum atomic E-state index is -0.794. The Kier molecular flexibility index (Phi) is 3.35. The first kappa shape index (κ1) is 11.5. The zero-order valence-corrected chi connectivity index (χ0v) is 9.30. The molecular formula is C13H12FNO2. The van der Waals surface area contributed by atoms with Crippen molar-refractivity contribution >= 4 is 0 Å². The van der Waals surface area contributed by atoms with E-state index in [9.17, 15) is 9.50 Å². The molecule has 0 spiro atoms. The van der Waals surface area contributed by atoms with Crippen LogP contribution >= 0.6 is 0 Å². The number of aromatic nitrogens is 1. The molecule has 1 unspecified atom stereocenters. The smallest absolute Gasteiger partial charge is 0.168 e. The van der Waals surface area contributed by atoms with E-state index in [0.717, 1.165) is 0 Å². The number of nitrogens with zero attached hydrogens (tertiary/aromatic N) is 1. The van der Waals surface area contributed by atoms with Crippen molar-refractivity contribution in [2.24, 2.45) is 0 Å². The Morgan fingerprint density at radius 3 is 2.76 bits per heavy atom. The van der Waals surface area contributed by atoms with Crippen molar-refractivity contribution < 1.29 is 14.2 Å². The van der Waals surface area contributed by atoms with Gasteiger partial charge in [0.15, 0.2) is 11.6 Å². The molecule has 0 aliphatic rings. The minimum Gasteiger partial charge on any atom is -0.452 e. The van der Waals surface area contributed by atoms with Gasteiger partial charge in [-0.25, -0.2) is 4.39 Å². The number of aliphatic hydroxyl groups is 1. The Bertz CT molecular complexity index is 500. The number of aliphatic hydroxyl groups excluding tert-OH is 1. The van der Waals surface area contributed by atoms with Gasteiger partial charge in [0.25, 0.3) is 0 Å². The van der Waals surface area contributed by atoms with E-state index in [2.05, 4.69) is 4.98 Å². The largest absolute Gasteiger partial charge is 0.452 e. The fraction of sp³-hybridized carbons (Fsp3) is 0.154. The molecule has 0 aliphatic carbocycles. The molecule has 4 heteroatoms. The van der Waals surface area contributed by atoms with Gasteiger partial charge in [-0.05, 0) is 25.1 Å². The molecule has 17 heavy (non-hydrogen) atoms. The number of hydrogen-bond donors (Lipinski definition) is 1. The summed E-state index contributed by atoms with van der Waals surface area (Å²) in [6.07, 6.45) is 2.29. The van der Waals surface area contributed by atoms with Crippen molar-refractivity contribution in [2.75, 3.05) is 0 Å². The summed E-state index contributed by atoms with van der Waals surface area (Å²) in [7, 11) is 0. The lowest BCUT2D eigenvalue weighted by Gasteiger charge is -2.13. The van der Waals surface area contributed by atoms with E-state index in [0.29, 0.717) is 11.3 Å². The molecule has 0 radical (unpaired) electrons. The van der Waals surface area contributed by atoms with Gasteiger partial charge in [-0.1, -0.05) is 12.1 Å². The van der Waals surface area contributed by atoms with Crippen molar-refractivity contribution in [1.82, 2.24) is 4.98 Å². The lowest BCUT2D eigenvalue weighted by Crippen LogP contribution is -1.98. The highest BCUT2D eigenvalue weighted by atomic mass is 19.1. The summed E-state index contributed by atoms with van der Waals surface area (Å²) in [6, 6.07) is 7.81. The highest BCUT2D eigenvalue weighted by Crippen LogP contribution is 2.31.